The maximum Gasteiger partial charge on any atom is 0.0946 e. The quantitative estimate of drug-likeness (QED) is 0.805. The summed E-state index contributed by atoms with van der Waals surface area (Å²) in [7, 11) is 0. The smallest absolute Gasteiger partial charge is 0.0946 e. The average molecular weight is 222 g/mol. The number of hydrogen-bond donors (Lipinski definition) is 1. The minimum Gasteiger partial charge on any atom is -0.336 e. The molecule has 0 amide bonds. The summed E-state index contributed by atoms with van der Waals surface area (Å²) in [4.78, 5) is 6.64. The molecule has 1 saturated heterocycles. The van der Waals surface area contributed by atoms with Crippen LogP contribution >= 0.6 is 0 Å². The van der Waals surface area contributed by atoms with E-state index in [9.17, 15) is 0 Å². The summed E-state index contributed by atoms with van der Waals surface area (Å²) in [6, 6.07) is 1.29. The fourth-order valence-corrected chi connectivity index (χ4v) is 2.46. The molecule has 2 atom stereocenters. The van der Waals surface area contributed by atoms with Crippen LogP contribution < -0.4 is 5.32 Å². The normalized spacial score (nSPS) is 23.8. The van der Waals surface area contributed by atoms with E-state index in [4.69, 9.17) is 0 Å². The van der Waals surface area contributed by atoms with Gasteiger partial charge >= 0.3 is 0 Å². The van der Waals surface area contributed by atoms with Gasteiger partial charge in [-0.05, 0) is 19.9 Å². The predicted molar refractivity (Wildman–Crippen MR) is 65.3 cm³/mol. The van der Waals surface area contributed by atoms with Crippen LogP contribution in [0.2, 0.25) is 0 Å². The Labute approximate surface area is 97.7 Å². The number of imidazole rings is 1. The van der Waals surface area contributed by atoms with Crippen LogP contribution in [0.3, 0.4) is 0 Å². The number of nitrogens with zero attached hydrogens (tertiary/aromatic N) is 3. The van der Waals surface area contributed by atoms with Gasteiger partial charge in [0.1, 0.15) is 0 Å². The van der Waals surface area contributed by atoms with Gasteiger partial charge in [0.25, 0.3) is 0 Å². The maximum atomic E-state index is 4.08. The lowest BCUT2D eigenvalue weighted by Crippen LogP contribution is -2.37. The number of hydrogen-bond acceptors (Lipinski definition) is 3. The van der Waals surface area contributed by atoms with Gasteiger partial charge in [-0.2, -0.15) is 0 Å². The lowest BCUT2D eigenvalue weighted by molar-refractivity contribution is 0.230. The summed E-state index contributed by atoms with van der Waals surface area (Å²) in [5, 5.41) is 3.53. The van der Waals surface area contributed by atoms with E-state index in [1.54, 1.807) is 0 Å². The molecule has 0 aromatic carbocycles. The first kappa shape index (κ1) is 11.6. The molecule has 4 nitrogen and oxygen atoms in total. The maximum absolute atomic E-state index is 4.08. The number of likely N-dealkylation sites (N-methyl/N-ethyl adjacent to an activating group) is 1. The monoisotopic (exact) mass is 222 g/mol. The Hall–Kier alpha value is -0.870. The first-order valence-electron chi connectivity index (χ1n) is 6.22. The summed E-state index contributed by atoms with van der Waals surface area (Å²) in [5.74, 6) is 0. The number of rotatable bonds is 5. The predicted octanol–water partition coefficient (Wildman–Crippen LogP) is 0.955. The molecule has 1 aliphatic rings. The molecular weight excluding hydrogens is 200 g/mol. The molecule has 1 N–H and O–H groups in total. The molecule has 0 spiro atoms. The third-order valence-corrected chi connectivity index (χ3v) is 3.37. The summed E-state index contributed by atoms with van der Waals surface area (Å²) in [6.45, 7) is 9.00. The average Bonchev–Trinajstić information content (AvgIpc) is 2.89. The molecular formula is C12H22N4. The summed E-state index contributed by atoms with van der Waals surface area (Å²) < 4.78 is 2.16. The molecule has 2 heterocycles. The molecule has 2 rings (SSSR count). The molecule has 1 aromatic rings. The SMILES string of the molecule is CCNC1CCN(C(C)Cn2ccnc2)C1. The molecule has 90 valence electrons. The van der Waals surface area contributed by atoms with Crippen LogP contribution in [-0.4, -0.2) is 46.2 Å². The lowest BCUT2D eigenvalue weighted by Gasteiger charge is -2.24. The molecule has 0 saturated carbocycles. The van der Waals surface area contributed by atoms with Crippen molar-refractivity contribution in [1.82, 2.24) is 19.8 Å². The van der Waals surface area contributed by atoms with Gasteiger partial charge in [0.2, 0.25) is 0 Å². The highest BCUT2D eigenvalue weighted by atomic mass is 15.2. The van der Waals surface area contributed by atoms with Crippen LogP contribution in [0.15, 0.2) is 18.7 Å². The molecule has 0 bridgehead atoms. The Morgan fingerprint density at radius 2 is 2.44 bits per heavy atom. The summed E-state index contributed by atoms with van der Waals surface area (Å²) >= 11 is 0. The van der Waals surface area contributed by atoms with Gasteiger partial charge in [-0.1, -0.05) is 6.92 Å². The Bertz CT molecular complexity index is 296. The number of likely N-dealkylation sites (tertiary alicyclic amines) is 1. The van der Waals surface area contributed by atoms with E-state index in [1.807, 2.05) is 18.7 Å². The van der Waals surface area contributed by atoms with Crippen molar-refractivity contribution in [3.63, 3.8) is 0 Å². The fourth-order valence-electron chi connectivity index (χ4n) is 2.46. The minimum atomic E-state index is 0.595. The standard InChI is InChI=1S/C12H22N4/c1-3-14-12-4-6-16(9-12)11(2)8-15-7-5-13-10-15/h5,7,10-12,14H,3-4,6,8-9H2,1-2H3. The second-order valence-corrected chi connectivity index (χ2v) is 4.65. The van der Waals surface area contributed by atoms with Crippen molar-refractivity contribution >= 4 is 0 Å². The van der Waals surface area contributed by atoms with Crippen molar-refractivity contribution in [2.24, 2.45) is 0 Å². The second-order valence-electron chi connectivity index (χ2n) is 4.65. The third kappa shape index (κ3) is 2.83. The van der Waals surface area contributed by atoms with Gasteiger partial charge < -0.3 is 9.88 Å². The van der Waals surface area contributed by atoms with Crippen LogP contribution in [0, 0.1) is 0 Å². The highest BCUT2D eigenvalue weighted by molar-refractivity contribution is 4.85. The first-order valence-corrected chi connectivity index (χ1v) is 6.22. The Kier molecular flexibility index (Phi) is 3.96. The van der Waals surface area contributed by atoms with Crippen molar-refractivity contribution in [2.75, 3.05) is 19.6 Å². The van der Waals surface area contributed by atoms with E-state index in [2.05, 4.69) is 33.6 Å². The van der Waals surface area contributed by atoms with Crippen LogP contribution in [0.1, 0.15) is 20.3 Å². The Morgan fingerprint density at radius 3 is 3.12 bits per heavy atom. The molecule has 1 fully saturated rings. The molecule has 16 heavy (non-hydrogen) atoms. The fraction of sp³-hybridized carbons (Fsp3) is 0.750. The zero-order valence-electron chi connectivity index (χ0n) is 10.3. The first-order chi connectivity index (χ1) is 7.79. The molecule has 1 aromatic heterocycles. The largest absolute Gasteiger partial charge is 0.336 e. The van der Waals surface area contributed by atoms with Crippen molar-refractivity contribution in [1.29, 1.82) is 0 Å². The van der Waals surface area contributed by atoms with Crippen LogP contribution in [0.5, 0.6) is 0 Å². The summed E-state index contributed by atoms with van der Waals surface area (Å²) in [5.41, 5.74) is 0. The van der Waals surface area contributed by atoms with Crippen LogP contribution in [-0.2, 0) is 6.54 Å². The van der Waals surface area contributed by atoms with Crippen molar-refractivity contribution in [2.45, 2.75) is 38.9 Å². The lowest BCUT2D eigenvalue weighted by atomic mass is 10.2. The van der Waals surface area contributed by atoms with Crippen molar-refractivity contribution in [3.05, 3.63) is 18.7 Å². The molecule has 4 heteroatoms. The van der Waals surface area contributed by atoms with E-state index < -0.39 is 0 Å². The number of aromatic nitrogens is 2. The van der Waals surface area contributed by atoms with Gasteiger partial charge in [0.15, 0.2) is 0 Å². The molecule has 0 aliphatic carbocycles. The topological polar surface area (TPSA) is 33.1 Å². The number of nitrogens with one attached hydrogen (secondary N) is 1. The zero-order chi connectivity index (χ0) is 11.4. The van der Waals surface area contributed by atoms with E-state index >= 15 is 0 Å². The highest BCUT2D eigenvalue weighted by Gasteiger charge is 2.25. The van der Waals surface area contributed by atoms with Crippen LogP contribution in [0.25, 0.3) is 0 Å². The van der Waals surface area contributed by atoms with Gasteiger partial charge in [0, 0.05) is 44.1 Å². The molecule has 0 radical (unpaired) electrons. The Morgan fingerprint density at radius 1 is 1.56 bits per heavy atom. The third-order valence-electron chi connectivity index (χ3n) is 3.37. The van der Waals surface area contributed by atoms with Gasteiger partial charge in [-0.3, -0.25) is 4.90 Å². The van der Waals surface area contributed by atoms with Crippen LogP contribution in [0.4, 0.5) is 0 Å². The summed E-state index contributed by atoms with van der Waals surface area (Å²) in [6.07, 6.45) is 7.06. The molecule has 2 unspecified atom stereocenters. The van der Waals surface area contributed by atoms with E-state index in [0.29, 0.717) is 12.1 Å². The van der Waals surface area contributed by atoms with Gasteiger partial charge in [-0.15, -0.1) is 0 Å². The Balaban J connectivity index is 1.80. The molecule has 1 aliphatic heterocycles. The van der Waals surface area contributed by atoms with E-state index in [0.717, 1.165) is 13.1 Å². The van der Waals surface area contributed by atoms with E-state index in [-0.39, 0.29) is 0 Å². The van der Waals surface area contributed by atoms with Gasteiger partial charge in [0.05, 0.1) is 6.33 Å². The second kappa shape index (κ2) is 5.46. The van der Waals surface area contributed by atoms with Gasteiger partial charge in [-0.25, -0.2) is 4.98 Å². The highest BCUT2D eigenvalue weighted by Crippen LogP contribution is 2.13. The van der Waals surface area contributed by atoms with Crippen molar-refractivity contribution in [3.8, 4) is 0 Å². The zero-order valence-corrected chi connectivity index (χ0v) is 10.3. The van der Waals surface area contributed by atoms with Crippen molar-refractivity contribution < 1.29 is 0 Å². The van der Waals surface area contributed by atoms with E-state index in [1.165, 1.54) is 19.5 Å². The minimum absolute atomic E-state index is 0.595.